The van der Waals surface area contributed by atoms with Gasteiger partial charge in [-0.3, -0.25) is 19.5 Å². The lowest BCUT2D eigenvalue weighted by atomic mass is 9.81. The van der Waals surface area contributed by atoms with Gasteiger partial charge in [0.2, 0.25) is 5.82 Å². The number of nitrogens with one attached hydrogen (secondary N) is 2. The van der Waals surface area contributed by atoms with Gasteiger partial charge in [-0.25, -0.2) is 15.1 Å². The average molecular weight is 466 g/mol. The second-order valence-corrected chi connectivity index (χ2v) is 9.40. The topological polar surface area (TPSA) is 105 Å². The highest BCUT2D eigenvalue weighted by Crippen LogP contribution is 2.35. The summed E-state index contributed by atoms with van der Waals surface area (Å²) < 4.78 is 7.14. The quantitative estimate of drug-likeness (QED) is 0.682. The minimum Gasteiger partial charge on any atom is -0.381 e. The van der Waals surface area contributed by atoms with E-state index < -0.39 is 11.9 Å². The minimum absolute atomic E-state index is 0.0561. The van der Waals surface area contributed by atoms with E-state index >= 15 is 0 Å². The maximum absolute atomic E-state index is 13.2. The highest BCUT2D eigenvalue weighted by molar-refractivity contribution is 5.95. The van der Waals surface area contributed by atoms with Crippen molar-refractivity contribution < 1.29 is 14.3 Å². The number of carbonyl (C=O) groups is 2. The molecule has 10 heteroatoms. The zero-order chi connectivity index (χ0) is 23.7. The molecule has 0 radical (unpaired) electrons. The maximum atomic E-state index is 13.2. The van der Waals surface area contributed by atoms with E-state index in [1.54, 1.807) is 16.6 Å². The standard InChI is InChI=1S/C24H31N7O3/c1-24(18-9-12-34-13-10-18)14-20-29(2)23(33)19(8-11-31(20)28-24)26-22(32)21-25-16-30(27-21)15-17-6-4-3-5-7-17/h3-7,14,16,18-19,28H,8-13,15H2,1-2H3,(H,26,32)/t19?,24-/m0/s1. The summed E-state index contributed by atoms with van der Waals surface area (Å²) in [6.07, 6.45) is 6.14. The van der Waals surface area contributed by atoms with Crippen molar-refractivity contribution in [3.05, 3.63) is 59.9 Å². The first-order valence-electron chi connectivity index (χ1n) is 11.8. The van der Waals surface area contributed by atoms with Crippen LogP contribution in [0.4, 0.5) is 0 Å². The largest absolute Gasteiger partial charge is 0.381 e. The van der Waals surface area contributed by atoms with Crippen LogP contribution in [0.1, 0.15) is 42.4 Å². The van der Waals surface area contributed by atoms with Crippen LogP contribution in [-0.4, -0.2) is 74.9 Å². The van der Waals surface area contributed by atoms with Crippen molar-refractivity contribution in [3.63, 3.8) is 0 Å². The number of amides is 2. The maximum Gasteiger partial charge on any atom is 0.291 e. The van der Waals surface area contributed by atoms with Crippen LogP contribution in [0.2, 0.25) is 0 Å². The molecule has 2 N–H and O–H groups in total. The lowest BCUT2D eigenvalue weighted by molar-refractivity contribution is -0.130. The number of carbonyl (C=O) groups excluding carboxylic acids is 2. The fourth-order valence-electron chi connectivity index (χ4n) is 5.01. The molecule has 180 valence electrons. The molecule has 2 saturated heterocycles. The highest BCUT2D eigenvalue weighted by Gasteiger charge is 2.44. The van der Waals surface area contributed by atoms with E-state index in [2.05, 4.69) is 33.8 Å². The SMILES string of the molecule is CN1C(=O)C(NC(=O)c2ncn(Cc3ccccc3)n2)CCN2N[C@](C)(C3CCOCC3)C=C21. The molecule has 2 aromatic rings. The summed E-state index contributed by atoms with van der Waals surface area (Å²) in [5, 5.41) is 9.16. The third-order valence-corrected chi connectivity index (χ3v) is 7.00. The number of benzene rings is 1. The molecule has 2 amide bonds. The van der Waals surface area contributed by atoms with Crippen LogP contribution in [0, 0.1) is 5.92 Å². The molecule has 1 aromatic carbocycles. The van der Waals surface area contributed by atoms with E-state index in [0.29, 0.717) is 25.4 Å². The van der Waals surface area contributed by atoms with Gasteiger partial charge >= 0.3 is 0 Å². The van der Waals surface area contributed by atoms with Gasteiger partial charge in [0, 0.05) is 26.8 Å². The Morgan fingerprint density at radius 3 is 2.76 bits per heavy atom. The Balaban J connectivity index is 1.25. The number of ether oxygens (including phenoxy) is 1. The van der Waals surface area contributed by atoms with Crippen molar-refractivity contribution in [2.24, 2.45) is 5.92 Å². The Bertz CT molecular complexity index is 1080. The fraction of sp³-hybridized carbons (Fsp3) is 0.500. The van der Waals surface area contributed by atoms with Crippen molar-refractivity contribution in [3.8, 4) is 0 Å². The van der Waals surface area contributed by atoms with E-state index in [4.69, 9.17) is 4.74 Å². The van der Waals surface area contributed by atoms with Crippen LogP contribution < -0.4 is 10.7 Å². The van der Waals surface area contributed by atoms with Crippen LogP contribution >= 0.6 is 0 Å². The molecule has 34 heavy (non-hydrogen) atoms. The first kappa shape index (κ1) is 22.5. The van der Waals surface area contributed by atoms with Gasteiger partial charge in [0.1, 0.15) is 18.2 Å². The first-order chi connectivity index (χ1) is 16.4. The normalized spacial score (nSPS) is 25.6. The summed E-state index contributed by atoms with van der Waals surface area (Å²) in [5.74, 6) is 0.733. The van der Waals surface area contributed by atoms with E-state index in [-0.39, 0.29) is 17.3 Å². The summed E-state index contributed by atoms with van der Waals surface area (Å²) in [5.41, 5.74) is 4.45. The molecule has 0 bridgehead atoms. The third kappa shape index (κ3) is 4.43. The second kappa shape index (κ2) is 9.19. The van der Waals surface area contributed by atoms with Crippen LogP contribution in [0.5, 0.6) is 0 Å². The van der Waals surface area contributed by atoms with E-state index in [9.17, 15) is 9.59 Å². The molecule has 10 nitrogen and oxygen atoms in total. The molecule has 0 spiro atoms. The molecule has 0 saturated carbocycles. The molecule has 4 heterocycles. The summed E-state index contributed by atoms with van der Waals surface area (Å²) in [6.45, 7) is 4.83. The summed E-state index contributed by atoms with van der Waals surface area (Å²) >= 11 is 0. The Labute approximate surface area is 198 Å². The Kier molecular flexibility index (Phi) is 6.09. The van der Waals surface area contributed by atoms with Crippen LogP contribution in [0.3, 0.4) is 0 Å². The van der Waals surface area contributed by atoms with Gasteiger partial charge < -0.3 is 10.1 Å². The van der Waals surface area contributed by atoms with Gasteiger partial charge in [0.05, 0.1) is 12.1 Å². The summed E-state index contributed by atoms with van der Waals surface area (Å²) in [4.78, 5) is 31.8. The zero-order valence-electron chi connectivity index (χ0n) is 19.6. The van der Waals surface area contributed by atoms with Crippen molar-refractivity contribution >= 4 is 11.8 Å². The zero-order valence-corrected chi connectivity index (χ0v) is 19.6. The van der Waals surface area contributed by atoms with Gasteiger partial charge in [-0.05, 0) is 43.7 Å². The van der Waals surface area contributed by atoms with Gasteiger partial charge in [0.25, 0.3) is 11.8 Å². The van der Waals surface area contributed by atoms with Gasteiger partial charge in [-0.15, -0.1) is 5.10 Å². The predicted molar refractivity (Wildman–Crippen MR) is 124 cm³/mol. The fourth-order valence-corrected chi connectivity index (χ4v) is 5.01. The van der Waals surface area contributed by atoms with E-state index in [1.165, 1.54) is 6.33 Å². The smallest absolute Gasteiger partial charge is 0.291 e. The van der Waals surface area contributed by atoms with Crippen LogP contribution in [0.15, 0.2) is 48.6 Å². The van der Waals surface area contributed by atoms with E-state index in [1.807, 2.05) is 35.3 Å². The molecular formula is C24H31N7O3. The average Bonchev–Trinajstić information content (AvgIpc) is 3.44. The van der Waals surface area contributed by atoms with Crippen molar-refractivity contribution in [2.75, 3.05) is 26.8 Å². The molecule has 1 aromatic heterocycles. The predicted octanol–water partition coefficient (Wildman–Crippen LogP) is 1.13. The number of hydrazine groups is 1. The summed E-state index contributed by atoms with van der Waals surface area (Å²) in [7, 11) is 1.76. The molecule has 3 aliphatic heterocycles. The Hall–Kier alpha value is -3.24. The van der Waals surface area contributed by atoms with Gasteiger partial charge in [-0.2, -0.15) is 0 Å². The second-order valence-electron chi connectivity index (χ2n) is 9.40. The number of hydrogen-bond acceptors (Lipinski definition) is 7. The molecule has 0 aliphatic carbocycles. The lowest BCUT2D eigenvalue weighted by Gasteiger charge is -2.37. The first-order valence-corrected chi connectivity index (χ1v) is 11.8. The number of likely N-dealkylation sites (N-methyl/N-ethyl adjacent to an activating group) is 1. The summed E-state index contributed by atoms with van der Waals surface area (Å²) in [6, 6.07) is 9.19. The molecule has 2 atom stereocenters. The van der Waals surface area contributed by atoms with Crippen LogP contribution in [0.25, 0.3) is 0 Å². The molecule has 5 rings (SSSR count). The Morgan fingerprint density at radius 1 is 1.24 bits per heavy atom. The van der Waals surface area contributed by atoms with E-state index in [0.717, 1.165) is 37.4 Å². The number of nitrogens with zero attached hydrogens (tertiary/aromatic N) is 5. The van der Waals surface area contributed by atoms with Crippen molar-refractivity contribution in [2.45, 2.75) is 44.3 Å². The highest BCUT2D eigenvalue weighted by atomic mass is 16.5. The van der Waals surface area contributed by atoms with Crippen molar-refractivity contribution in [1.29, 1.82) is 0 Å². The lowest BCUT2D eigenvalue weighted by Crippen LogP contribution is -2.51. The van der Waals surface area contributed by atoms with Crippen molar-refractivity contribution in [1.82, 2.24) is 35.4 Å². The van der Waals surface area contributed by atoms with Crippen LogP contribution in [-0.2, 0) is 16.1 Å². The molecular weight excluding hydrogens is 434 g/mol. The number of rotatable bonds is 5. The number of fused-ring (bicyclic) bond motifs is 1. The minimum atomic E-state index is -0.652. The molecule has 2 fully saturated rings. The van der Waals surface area contributed by atoms with Gasteiger partial charge in [0.15, 0.2) is 0 Å². The number of aromatic nitrogens is 3. The number of hydrogen-bond donors (Lipinski definition) is 2. The monoisotopic (exact) mass is 465 g/mol. The molecule has 1 unspecified atom stereocenters. The Morgan fingerprint density at radius 2 is 2.00 bits per heavy atom. The third-order valence-electron chi connectivity index (χ3n) is 7.00. The molecule has 3 aliphatic rings. The van der Waals surface area contributed by atoms with Gasteiger partial charge in [-0.1, -0.05) is 30.3 Å².